The zero-order valence-electron chi connectivity index (χ0n) is 15.2. The summed E-state index contributed by atoms with van der Waals surface area (Å²) in [5.41, 5.74) is 2.55. The molecule has 0 aromatic heterocycles. The van der Waals surface area contributed by atoms with E-state index in [9.17, 15) is 23.1 Å². The predicted octanol–water partition coefficient (Wildman–Crippen LogP) is 2.48. The number of carbonyl (C=O) groups is 2. The predicted molar refractivity (Wildman–Crippen MR) is 100 cm³/mol. The Labute approximate surface area is 158 Å². The van der Waals surface area contributed by atoms with Gasteiger partial charge in [0.1, 0.15) is 0 Å². The molecule has 0 saturated heterocycles. The first kappa shape index (κ1) is 19.1. The lowest BCUT2D eigenvalue weighted by Crippen LogP contribution is -2.41. The summed E-state index contributed by atoms with van der Waals surface area (Å²) in [5.74, 6) is -2.14. The minimum Gasteiger partial charge on any atom is -0.481 e. The molecule has 7 heteroatoms. The third-order valence-corrected chi connectivity index (χ3v) is 6.01. The summed E-state index contributed by atoms with van der Waals surface area (Å²) in [6, 6.07) is 11.7. The second kappa shape index (κ2) is 7.15. The van der Waals surface area contributed by atoms with Crippen LogP contribution >= 0.6 is 0 Å². The van der Waals surface area contributed by atoms with Crippen LogP contribution in [0.2, 0.25) is 0 Å². The number of carbonyl (C=O) groups excluding carboxylic acids is 1. The van der Waals surface area contributed by atoms with Gasteiger partial charge in [-0.1, -0.05) is 37.3 Å². The average Bonchev–Trinajstić information content (AvgIpc) is 2.65. The van der Waals surface area contributed by atoms with E-state index < -0.39 is 21.7 Å². The molecule has 1 aliphatic rings. The third kappa shape index (κ3) is 3.73. The highest BCUT2D eigenvalue weighted by Gasteiger charge is 2.33. The molecule has 2 aromatic carbocycles. The number of rotatable bonds is 4. The summed E-state index contributed by atoms with van der Waals surface area (Å²) in [6.45, 7) is 2.24. The van der Waals surface area contributed by atoms with Crippen molar-refractivity contribution >= 4 is 21.7 Å². The monoisotopic (exact) mass is 387 g/mol. The summed E-state index contributed by atoms with van der Waals surface area (Å²) in [6.07, 6.45) is 1.66. The van der Waals surface area contributed by atoms with Crippen LogP contribution in [0.4, 0.5) is 0 Å². The van der Waals surface area contributed by atoms with Crippen molar-refractivity contribution in [2.24, 2.45) is 0 Å². The zero-order valence-corrected chi connectivity index (χ0v) is 16.0. The Morgan fingerprint density at radius 3 is 2.52 bits per heavy atom. The van der Waals surface area contributed by atoms with E-state index in [1.807, 2.05) is 19.1 Å². The van der Waals surface area contributed by atoms with Crippen molar-refractivity contribution in [1.29, 1.82) is 0 Å². The molecule has 1 N–H and O–H groups in total. The van der Waals surface area contributed by atoms with Crippen LogP contribution in [-0.2, 0) is 27.6 Å². The van der Waals surface area contributed by atoms with Crippen molar-refractivity contribution < 1.29 is 23.1 Å². The molecule has 142 valence electrons. The van der Waals surface area contributed by atoms with Gasteiger partial charge in [0.05, 0.1) is 10.8 Å². The van der Waals surface area contributed by atoms with Crippen molar-refractivity contribution in [3.8, 4) is 0 Å². The maximum Gasteiger partial charge on any atom is 0.312 e. The largest absolute Gasteiger partial charge is 0.481 e. The molecule has 0 aliphatic carbocycles. The van der Waals surface area contributed by atoms with Gasteiger partial charge in [-0.05, 0) is 35.2 Å². The second-order valence-corrected chi connectivity index (χ2v) is 8.74. The maximum atomic E-state index is 13.2. The van der Waals surface area contributed by atoms with Gasteiger partial charge in [-0.25, -0.2) is 8.42 Å². The normalized spacial score (nSPS) is 16.7. The Balaban J connectivity index is 2.03. The number of benzene rings is 2. The van der Waals surface area contributed by atoms with E-state index in [4.69, 9.17) is 0 Å². The van der Waals surface area contributed by atoms with E-state index in [0.29, 0.717) is 18.5 Å². The van der Waals surface area contributed by atoms with E-state index >= 15 is 0 Å². The van der Waals surface area contributed by atoms with Crippen molar-refractivity contribution in [3.05, 3.63) is 64.7 Å². The van der Waals surface area contributed by atoms with E-state index in [0.717, 1.165) is 22.9 Å². The van der Waals surface area contributed by atoms with Gasteiger partial charge in [0.15, 0.2) is 9.84 Å². The molecular formula is C20H21NO5S. The molecule has 1 amide bonds. The van der Waals surface area contributed by atoms with Crippen LogP contribution in [-0.4, -0.2) is 43.1 Å². The number of fused-ring (bicyclic) bond motifs is 1. The van der Waals surface area contributed by atoms with Crippen LogP contribution in [0.15, 0.2) is 47.4 Å². The Kier molecular flexibility index (Phi) is 5.06. The van der Waals surface area contributed by atoms with Gasteiger partial charge in [-0.3, -0.25) is 9.59 Å². The number of hydrogen-bond acceptors (Lipinski definition) is 4. The SMILES string of the molecule is CCc1ccc(S(C)(=O)=O)cc1C(=O)N1Cc2ccccc2C(C(=O)O)C1. The van der Waals surface area contributed by atoms with E-state index in [-0.39, 0.29) is 17.3 Å². The summed E-state index contributed by atoms with van der Waals surface area (Å²) in [4.78, 5) is 26.5. The fourth-order valence-electron chi connectivity index (χ4n) is 3.44. The molecular weight excluding hydrogens is 366 g/mol. The number of carboxylic acids is 1. The molecule has 0 radical (unpaired) electrons. The molecule has 0 saturated carbocycles. The smallest absolute Gasteiger partial charge is 0.312 e. The van der Waals surface area contributed by atoms with Crippen LogP contribution in [0.1, 0.15) is 39.9 Å². The molecule has 0 bridgehead atoms. The molecule has 0 fully saturated rings. The molecule has 1 unspecified atom stereocenters. The van der Waals surface area contributed by atoms with Gasteiger partial charge in [-0.2, -0.15) is 0 Å². The highest BCUT2D eigenvalue weighted by molar-refractivity contribution is 7.90. The summed E-state index contributed by atoms with van der Waals surface area (Å²) < 4.78 is 23.8. The third-order valence-electron chi connectivity index (χ3n) is 4.90. The van der Waals surface area contributed by atoms with E-state index in [1.54, 1.807) is 18.2 Å². The number of aliphatic carboxylic acids is 1. The lowest BCUT2D eigenvalue weighted by atomic mass is 9.89. The topological polar surface area (TPSA) is 91.8 Å². The number of carboxylic acid groups (broad SMARTS) is 1. The summed E-state index contributed by atoms with van der Waals surface area (Å²) in [5, 5.41) is 9.59. The molecule has 27 heavy (non-hydrogen) atoms. The lowest BCUT2D eigenvalue weighted by molar-refractivity contribution is -0.139. The van der Waals surface area contributed by atoms with Crippen LogP contribution < -0.4 is 0 Å². The quantitative estimate of drug-likeness (QED) is 0.870. The number of amides is 1. The minimum absolute atomic E-state index is 0.0530. The van der Waals surface area contributed by atoms with Crippen molar-refractivity contribution in [3.63, 3.8) is 0 Å². The Bertz CT molecular complexity index is 1010. The molecule has 1 heterocycles. The average molecular weight is 387 g/mol. The molecule has 1 aliphatic heterocycles. The standard InChI is InChI=1S/C20H21NO5S/c1-3-13-8-9-15(27(2,25)26)10-17(13)19(22)21-11-14-6-4-5-7-16(14)18(12-21)20(23)24/h4-10,18H,3,11-12H2,1-2H3,(H,23,24). The van der Waals surface area contributed by atoms with Gasteiger partial charge in [0, 0.05) is 24.9 Å². The molecule has 1 atom stereocenters. The highest BCUT2D eigenvalue weighted by Crippen LogP contribution is 2.30. The second-order valence-electron chi connectivity index (χ2n) is 6.72. The van der Waals surface area contributed by atoms with Crippen molar-refractivity contribution in [1.82, 2.24) is 4.90 Å². The Morgan fingerprint density at radius 2 is 1.89 bits per heavy atom. The van der Waals surface area contributed by atoms with Gasteiger partial charge in [0.25, 0.3) is 5.91 Å². The van der Waals surface area contributed by atoms with E-state index in [2.05, 4.69) is 0 Å². The number of aryl methyl sites for hydroxylation is 1. The van der Waals surface area contributed by atoms with Gasteiger partial charge >= 0.3 is 5.97 Å². The minimum atomic E-state index is -3.45. The summed E-state index contributed by atoms with van der Waals surface area (Å²) >= 11 is 0. The summed E-state index contributed by atoms with van der Waals surface area (Å²) in [7, 11) is -3.45. The van der Waals surface area contributed by atoms with Crippen LogP contribution in [0.5, 0.6) is 0 Å². The number of nitrogens with zero attached hydrogens (tertiary/aromatic N) is 1. The molecule has 2 aromatic rings. The highest BCUT2D eigenvalue weighted by atomic mass is 32.2. The fourth-order valence-corrected chi connectivity index (χ4v) is 4.08. The van der Waals surface area contributed by atoms with E-state index in [1.165, 1.54) is 17.0 Å². The lowest BCUT2D eigenvalue weighted by Gasteiger charge is -2.33. The van der Waals surface area contributed by atoms with Crippen molar-refractivity contribution in [2.45, 2.75) is 30.7 Å². The van der Waals surface area contributed by atoms with Gasteiger partial charge in [0.2, 0.25) is 0 Å². The molecule has 3 rings (SSSR count). The van der Waals surface area contributed by atoms with Crippen LogP contribution in [0.25, 0.3) is 0 Å². The number of sulfone groups is 1. The fraction of sp³-hybridized carbons (Fsp3) is 0.300. The first-order chi connectivity index (χ1) is 12.7. The van der Waals surface area contributed by atoms with Crippen LogP contribution in [0, 0.1) is 0 Å². The first-order valence-corrected chi connectivity index (χ1v) is 10.5. The van der Waals surface area contributed by atoms with Gasteiger partial charge < -0.3 is 10.0 Å². The Morgan fingerprint density at radius 1 is 1.19 bits per heavy atom. The number of hydrogen-bond donors (Lipinski definition) is 1. The molecule has 0 spiro atoms. The first-order valence-electron chi connectivity index (χ1n) is 8.65. The van der Waals surface area contributed by atoms with Gasteiger partial charge in [-0.15, -0.1) is 0 Å². The zero-order chi connectivity index (χ0) is 19.8. The van der Waals surface area contributed by atoms with Crippen LogP contribution in [0.3, 0.4) is 0 Å². The maximum absolute atomic E-state index is 13.2. The molecule has 6 nitrogen and oxygen atoms in total. The van der Waals surface area contributed by atoms with Crippen molar-refractivity contribution in [2.75, 3.05) is 12.8 Å². The Hall–Kier alpha value is -2.67.